The van der Waals surface area contributed by atoms with E-state index in [0.717, 1.165) is 5.56 Å². The number of aliphatic hydroxyl groups is 2. The van der Waals surface area contributed by atoms with E-state index in [1.807, 2.05) is 37.3 Å². The van der Waals surface area contributed by atoms with Crippen LogP contribution in [-0.4, -0.2) is 48.0 Å². The second-order valence-corrected chi connectivity index (χ2v) is 5.46. The summed E-state index contributed by atoms with van der Waals surface area (Å²) in [4.78, 5) is 0. The van der Waals surface area contributed by atoms with Gasteiger partial charge in [-0.3, -0.25) is 0 Å². The first kappa shape index (κ1) is 17.1. The summed E-state index contributed by atoms with van der Waals surface area (Å²) in [5.41, 5.74) is 1.04. The van der Waals surface area contributed by atoms with Gasteiger partial charge in [0.2, 0.25) is 0 Å². The topological polar surface area (TPSA) is 68.2 Å². The van der Waals surface area contributed by atoms with E-state index in [1.54, 1.807) is 6.08 Å². The van der Waals surface area contributed by atoms with E-state index in [0.29, 0.717) is 13.2 Å². The number of aliphatic hydroxyl groups excluding tert-OH is 2. The zero-order valence-electron chi connectivity index (χ0n) is 12.8. The summed E-state index contributed by atoms with van der Waals surface area (Å²) in [6.45, 7) is 5.95. The van der Waals surface area contributed by atoms with Crippen LogP contribution in [0.15, 0.2) is 43.0 Å². The lowest BCUT2D eigenvalue weighted by molar-refractivity contribution is -0.296. The molecule has 22 heavy (non-hydrogen) atoms. The minimum Gasteiger partial charge on any atom is -0.394 e. The van der Waals surface area contributed by atoms with Crippen LogP contribution >= 0.6 is 0 Å². The van der Waals surface area contributed by atoms with Gasteiger partial charge in [-0.1, -0.05) is 43.3 Å². The molecular weight excluding hydrogens is 284 g/mol. The van der Waals surface area contributed by atoms with Crippen molar-refractivity contribution in [1.29, 1.82) is 0 Å². The van der Waals surface area contributed by atoms with E-state index in [2.05, 4.69) is 6.58 Å². The summed E-state index contributed by atoms with van der Waals surface area (Å²) in [7, 11) is 0. The van der Waals surface area contributed by atoms with Crippen LogP contribution in [0.5, 0.6) is 0 Å². The third-order valence-electron chi connectivity index (χ3n) is 3.86. The van der Waals surface area contributed by atoms with Crippen LogP contribution in [0.2, 0.25) is 0 Å². The number of rotatable bonds is 7. The smallest absolute Gasteiger partial charge is 0.184 e. The lowest BCUT2D eigenvalue weighted by atomic mass is 9.90. The molecule has 122 valence electrons. The van der Waals surface area contributed by atoms with Crippen LogP contribution in [0.3, 0.4) is 0 Å². The molecule has 5 nitrogen and oxygen atoms in total. The first-order valence-corrected chi connectivity index (χ1v) is 7.49. The third kappa shape index (κ3) is 4.15. The number of ether oxygens (including phenoxy) is 3. The Balaban J connectivity index is 2.04. The van der Waals surface area contributed by atoms with E-state index in [1.165, 1.54) is 0 Å². The van der Waals surface area contributed by atoms with Crippen LogP contribution in [-0.2, 0) is 20.8 Å². The molecule has 0 radical (unpaired) electrons. The fourth-order valence-electron chi connectivity index (χ4n) is 2.56. The molecule has 0 aliphatic carbocycles. The van der Waals surface area contributed by atoms with Crippen molar-refractivity contribution in [2.75, 3.05) is 13.2 Å². The Morgan fingerprint density at radius 1 is 1.27 bits per heavy atom. The van der Waals surface area contributed by atoms with Gasteiger partial charge in [-0.05, 0) is 5.56 Å². The summed E-state index contributed by atoms with van der Waals surface area (Å²) < 4.78 is 17.2. The molecular formula is C17H24O5. The lowest BCUT2D eigenvalue weighted by Crippen LogP contribution is -2.56. The van der Waals surface area contributed by atoms with Crippen LogP contribution < -0.4 is 0 Å². The first-order valence-electron chi connectivity index (χ1n) is 7.49. The van der Waals surface area contributed by atoms with Crippen LogP contribution in [0.25, 0.3) is 0 Å². The second kappa shape index (κ2) is 8.41. The van der Waals surface area contributed by atoms with Gasteiger partial charge in [0, 0.05) is 5.92 Å². The van der Waals surface area contributed by atoms with Crippen molar-refractivity contribution >= 4 is 0 Å². The van der Waals surface area contributed by atoms with E-state index < -0.39 is 24.6 Å². The van der Waals surface area contributed by atoms with Gasteiger partial charge >= 0.3 is 0 Å². The molecule has 1 aliphatic rings. The summed E-state index contributed by atoms with van der Waals surface area (Å²) in [6, 6.07) is 9.78. The van der Waals surface area contributed by atoms with E-state index >= 15 is 0 Å². The number of benzene rings is 1. The van der Waals surface area contributed by atoms with Crippen molar-refractivity contribution < 1.29 is 24.4 Å². The number of hydrogen-bond acceptors (Lipinski definition) is 5. The zero-order valence-corrected chi connectivity index (χ0v) is 12.8. The zero-order chi connectivity index (χ0) is 15.9. The van der Waals surface area contributed by atoms with Crippen molar-refractivity contribution in [3.8, 4) is 0 Å². The molecule has 0 saturated carbocycles. The summed E-state index contributed by atoms with van der Waals surface area (Å²) in [5.74, 6) is -0.218. The normalized spacial score (nSPS) is 31.9. The van der Waals surface area contributed by atoms with Crippen molar-refractivity contribution in [2.45, 2.75) is 38.1 Å². The Morgan fingerprint density at radius 3 is 2.64 bits per heavy atom. The van der Waals surface area contributed by atoms with E-state index in [9.17, 15) is 10.2 Å². The molecule has 2 rings (SSSR count). The van der Waals surface area contributed by atoms with Crippen molar-refractivity contribution in [3.05, 3.63) is 48.6 Å². The third-order valence-corrected chi connectivity index (χ3v) is 3.86. The first-order chi connectivity index (χ1) is 10.7. The van der Waals surface area contributed by atoms with Gasteiger partial charge in [-0.2, -0.15) is 0 Å². The molecule has 0 aromatic heterocycles. The van der Waals surface area contributed by atoms with Gasteiger partial charge < -0.3 is 24.4 Å². The van der Waals surface area contributed by atoms with Gasteiger partial charge in [-0.25, -0.2) is 0 Å². The van der Waals surface area contributed by atoms with E-state index in [-0.39, 0.29) is 12.5 Å². The van der Waals surface area contributed by atoms with Crippen LogP contribution in [0.4, 0.5) is 0 Å². The highest BCUT2D eigenvalue weighted by molar-refractivity contribution is 5.13. The molecule has 1 heterocycles. The average Bonchev–Trinajstić information content (AvgIpc) is 2.56. The maximum Gasteiger partial charge on any atom is 0.184 e. The molecule has 0 bridgehead atoms. The summed E-state index contributed by atoms with van der Waals surface area (Å²) >= 11 is 0. The standard InChI is InChI=1S/C17H24O5/c1-3-9-20-17-16(12(2)15(19)14(10-18)22-17)21-11-13-7-5-4-6-8-13/h3-8,12,14-19H,1,9-11H2,2H3/t12-,14?,15-,16?,17+/m0/s1. The minimum atomic E-state index is -0.797. The molecule has 1 fully saturated rings. The monoisotopic (exact) mass is 308 g/mol. The highest BCUT2D eigenvalue weighted by Gasteiger charge is 2.43. The van der Waals surface area contributed by atoms with Gasteiger partial charge in [0.05, 0.1) is 25.9 Å². The maximum absolute atomic E-state index is 10.2. The molecule has 2 unspecified atom stereocenters. The number of hydrogen-bond donors (Lipinski definition) is 2. The predicted molar refractivity (Wildman–Crippen MR) is 82.1 cm³/mol. The van der Waals surface area contributed by atoms with Crippen molar-refractivity contribution in [1.82, 2.24) is 0 Å². The largest absolute Gasteiger partial charge is 0.394 e. The minimum absolute atomic E-state index is 0.218. The van der Waals surface area contributed by atoms with Crippen molar-refractivity contribution in [3.63, 3.8) is 0 Å². The Hall–Kier alpha value is -1.24. The SMILES string of the molecule is C=CCO[C@@H]1OC(CO)[C@@H](O)[C@H](C)C1OCc1ccccc1. The van der Waals surface area contributed by atoms with Gasteiger partial charge in [0.1, 0.15) is 12.2 Å². The highest BCUT2D eigenvalue weighted by atomic mass is 16.7. The van der Waals surface area contributed by atoms with Gasteiger partial charge in [0.15, 0.2) is 6.29 Å². The van der Waals surface area contributed by atoms with Crippen molar-refractivity contribution in [2.24, 2.45) is 5.92 Å². The molecule has 1 saturated heterocycles. The Labute approximate surface area is 131 Å². The summed E-state index contributed by atoms with van der Waals surface area (Å²) in [6.07, 6.45) is -0.896. The van der Waals surface area contributed by atoms with Gasteiger partial charge in [0.25, 0.3) is 0 Å². The highest BCUT2D eigenvalue weighted by Crippen LogP contribution is 2.29. The molecule has 1 aromatic carbocycles. The quantitative estimate of drug-likeness (QED) is 0.747. The second-order valence-electron chi connectivity index (χ2n) is 5.46. The summed E-state index contributed by atoms with van der Waals surface area (Å²) in [5, 5.41) is 19.5. The Bertz CT molecular complexity index is 450. The molecule has 1 aliphatic heterocycles. The fraction of sp³-hybridized carbons (Fsp3) is 0.529. The van der Waals surface area contributed by atoms with Crippen LogP contribution in [0.1, 0.15) is 12.5 Å². The maximum atomic E-state index is 10.2. The van der Waals surface area contributed by atoms with Crippen LogP contribution in [0, 0.1) is 5.92 Å². The average molecular weight is 308 g/mol. The molecule has 2 N–H and O–H groups in total. The molecule has 0 amide bonds. The molecule has 0 spiro atoms. The Morgan fingerprint density at radius 2 is 2.00 bits per heavy atom. The molecule has 1 aromatic rings. The fourth-order valence-corrected chi connectivity index (χ4v) is 2.56. The van der Waals surface area contributed by atoms with E-state index in [4.69, 9.17) is 14.2 Å². The molecule has 5 heteroatoms. The predicted octanol–water partition coefficient (Wildman–Crippen LogP) is 1.49. The molecule has 5 atom stereocenters. The Kier molecular flexibility index (Phi) is 6.54. The lowest BCUT2D eigenvalue weighted by Gasteiger charge is -2.42. The van der Waals surface area contributed by atoms with Gasteiger partial charge in [-0.15, -0.1) is 6.58 Å².